The Morgan fingerprint density at radius 3 is 1.66 bits per heavy atom. The van der Waals surface area contributed by atoms with Gasteiger partial charge in [-0.3, -0.25) is 0 Å². The van der Waals surface area contributed by atoms with Crippen LogP contribution in [0.1, 0.15) is 0 Å². The van der Waals surface area contributed by atoms with Gasteiger partial charge in [-0.2, -0.15) is 0 Å². The predicted octanol–water partition coefficient (Wildman–Crippen LogP) is 13.3. The molecular formula is C52H34N4. The molecule has 4 heteroatoms. The number of nitrogens with zero attached hydrogens (tertiary/aromatic N) is 4. The summed E-state index contributed by atoms with van der Waals surface area (Å²) in [6, 6.07) is 73.0. The Balaban J connectivity index is 1.17. The van der Waals surface area contributed by atoms with Crippen LogP contribution < -0.4 is 0 Å². The molecule has 0 saturated carbocycles. The first-order chi connectivity index (χ1) is 27.8. The fourth-order valence-electron chi connectivity index (χ4n) is 8.46. The van der Waals surface area contributed by atoms with E-state index in [0.29, 0.717) is 5.82 Å². The summed E-state index contributed by atoms with van der Waals surface area (Å²) in [5.74, 6) is 0.678. The molecule has 11 rings (SSSR count). The Hall–Kier alpha value is -7.56. The minimum Gasteiger partial charge on any atom is -0.309 e. The zero-order valence-electron chi connectivity index (χ0n) is 30.4. The van der Waals surface area contributed by atoms with E-state index in [9.17, 15) is 0 Å². The Labute approximate surface area is 324 Å². The third-order valence-electron chi connectivity index (χ3n) is 10.9. The van der Waals surface area contributed by atoms with Crippen molar-refractivity contribution in [3.63, 3.8) is 0 Å². The molecule has 0 saturated heterocycles. The Morgan fingerprint density at radius 2 is 0.893 bits per heavy atom. The van der Waals surface area contributed by atoms with E-state index in [4.69, 9.17) is 9.97 Å². The van der Waals surface area contributed by atoms with E-state index in [1.165, 1.54) is 38.1 Å². The fourth-order valence-corrected chi connectivity index (χ4v) is 8.46. The smallest absolute Gasteiger partial charge is 0.160 e. The second-order valence-electron chi connectivity index (χ2n) is 14.2. The van der Waals surface area contributed by atoms with Gasteiger partial charge in [0.05, 0.1) is 33.5 Å². The maximum Gasteiger partial charge on any atom is 0.160 e. The summed E-state index contributed by atoms with van der Waals surface area (Å²) < 4.78 is 4.82. The highest BCUT2D eigenvalue weighted by Crippen LogP contribution is 2.42. The topological polar surface area (TPSA) is 35.6 Å². The minimum atomic E-state index is 0.678. The molecule has 0 fully saturated rings. The molecule has 262 valence electrons. The molecule has 0 bridgehead atoms. The van der Waals surface area contributed by atoms with Crippen LogP contribution in [0.3, 0.4) is 0 Å². The molecule has 0 radical (unpaired) electrons. The second-order valence-corrected chi connectivity index (χ2v) is 14.2. The summed E-state index contributed by atoms with van der Waals surface area (Å²) in [7, 11) is 0. The summed E-state index contributed by atoms with van der Waals surface area (Å²) in [6.07, 6.45) is 0. The van der Waals surface area contributed by atoms with E-state index in [2.05, 4.69) is 209 Å². The standard InChI is InChI=1S/C52H34N4/c1-4-17-35(18-5-1)40-25-10-11-26-41(40)46-34-45(36-19-6-2-7-20-36)53-52(54-46)37-21-16-24-39(33-37)56-47-29-14-12-27-42(47)43-31-32-49-50(51(43)56)44-28-13-15-30-48(44)55(49)38-22-8-3-9-23-38/h1-34H. The largest absolute Gasteiger partial charge is 0.309 e. The highest BCUT2D eigenvalue weighted by atomic mass is 15.0. The molecular weight excluding hydrogens is 681 g/mol. The van der Waals surface area contributed by atoms with Crippen LogP contribution >= 0.6 is 0 Å². The molecule has 0 aliphatic heterocycles. The molecule has 11 aromatic rings. The van der Waals surface area contributed by atoms with Gasteiger partial charge in [0, 0.05) is 49.6 Å². The Kier molecular flexibility index (Phi) is 7.46. The summed E-state index contributed by atoms with van der Waals surface area (Å²) in [5, 5.41) is 4.88. The number of hydrogen-bond acceptors (Lipinski definition) is 2. The van der Waals surface area contributed by atoms with E-state index < -0.39 is 0 Å². The molecule has 0 amide bonds. The second kappa shape index (κ2) is 13.1. The summed E-state index contributed by atoms with van der Waals surface area (Å²) in [5.41, 5.74) is 14.0. The van der Waals surface area contributed by atoms with Gasteiger partial charge in [-0.15, -0.1) is 0 Å². The van der Waals surface area contributed by atoms with Gasteiger partial charge in [0.15, 0.2) is 5.82 Å². The summed E-state index contributed by atoms with van der Waals surface area (Å²) in [4.78, 5) is 10.6. The van der Waals surface area contributed by atoms with Gasteiger partial charge in [0.2, 0.25) is 0 Å². The van der Waals surface area contributed by atoms with Gasteiger partial charge < -0.3 is 9.13 Å². The van der Waals surface area contributed by atoms with Crippen LogP contribution in [0, 0.1) is 0 Å². The lowest BCUT2D eigenvalue weighted by Crippen LogP contribution is -1.99. The lowest BCUT2D eigenvalue weighted by molar-refractivity contribution is 1.16. The fraction of sp³-hybridized carbons (Fsp3) is 0. The molecule has 8 aromatic carbocycles. The number of fused-ring (bicyclic) bond motifs is 7. The molecule has 0 spiro atoms. The molecule has 0 atom stereocenters. The van der Waals surface area contributed by atoms with Crippen molar-refractivity contribution in [3.05, 3.63) is 206 Å². The van der Waals surface area contributed by atoms with Gasteiger partial charge in [0.1, 0.15) is 0 Å². The quantitative estimate of drug-likeness (QED) is 0.172. The van der Waals surface area contributed by atoms with Crippen LogP contribution in [0.15, 0.2) is 206 Å². The van der Waals surface area contributed by atoms with Crippen LogP contribution in [0.5, 0.6) is 0 Å². The van der Waals surface area contributed by atoms with Crippen molar-refractivity contribution in [2.75, 3.05) is 0 Å². The number of aromatic nitrogens is 4. The zero-order valence-corrected chi connectivity index (χ0v) is 30.4. The molecule has 0 aliphatic carbocycles. The third-order valence-corrected chi connectivity index (χ3v) is 10.9. The van der Waals surface area contributed by atoms with E-state index in [-0.39, 0.29) is 0 Å². The molecule has 0 aliphatic rings. The highest BCUT2D eigenvalue weighted by Gasteiger charge is 2.21. The summed E-state index contributed by atoms with van der Waals surface area (Å²) >= 11 is 0. The van der Waals surface area contributed by atoms with Gasteiger partial charge in [-0.25, -0.2) is 9.97 Å². The van der Waals surface area contributed by atoms with Gasteiger partial charge in [-0.05, 0) is 59.7 Å². The first-order valence-corrected chi connectivity index (χ1v) is 19.0. The molecule has 3 heterocycles. The Morgan fingerprint density at radius 1 is 0.321 bits per heavy atom. The molecule has 3 aromatic heterocycles. The molecule has 4 nitrogen and oxygen atoms in total. The number of hydrogen-bond donors (Lipinski definition) is 0. The van der Waals surface area contributed by atoms with Crippen molar-refractivity contribution in [1.29, 1.82) is 0 Å². The van der Waals surface area contributed by atoms with E-state index in [0.717, 1.165) is 56.1 Å². The van der Waals surface area contributed by atoms with Crippen LogP contribution in [-0.2, 0) is 0 Å². The van der Waals surface area contributed by atoms with Crippen LogP contribution in [0.2, 0.25) is 0 Å². The van der Waals surface area contributed by atoms with E-state index >= 15 is 0 Å². The predicted molar refractivity (Wildman–Crippen MR) is 232 cm³/mol. The molecule has 0 N–H and O–H groups in total. The van der Waals surface area contributed by atoms with Crippen molar-refractivity contribution in [2.45, 2.75) is 0 Å². The monoisotopic (exact) mass is 714 g/mol. The zero-order chi connectivity index (χ0) is 37.0. The van der Waals surface area contributed by atoms with Crippen LogP contribution in [0.4, 0.5) is 0 Å². The van der Waals surface area contributed by atoms with Crippen molar-refractivity contribution in [2.24, 2.45) is 0 Å². The van der Waals surface area contributed by atoms with E-state index in [1.807, 2.05) is 6.07 Å². The Bertz CT molecular complexity index is 3230. The lowest BCUT2D eigenvalue weighted by atomic mass is 9.96. The maximum atomic E-state index is 5.34. The lowest BCUT2D eigenvalue weighted by Gasteiger charge is -2.14. The van der Waals surface area contributed by atoms with E-state index in [1.54, 1.807) is 0 Å². The van der Waals surface area contributed by atoms with Crippen molar-refractivity contribution < 1.29 is 0 Å². The van der Waals surface area contributed by atoms with Gasteiger partial charge in [-0.1, -0.05) is 158 Å². The summed E-state index contributed by atoms with van der Waals surface area (Å²) in [6.45, 7) is 0. The SMILES string of the molecule is c1ccc(-c2cc(-c3ccccc3-c3ccccc3)nc(-c3cccc(-n4c5ccccc5c5ccc6c(c7ccccc7n6-c6ccccc6)c54)c3)n2)cc1. The van der Waals surface area contributed by atoms with Gasteiger partial charge in [0.25, 0.3) is 0 Å². The first-order valence-electron chi connectivity index (χ1n) is 19.0. The van der Waals surface area contributed by atoms with Crippen LogP contribution in [-0.4, -0.2) is 19.1 Å². The first kappa shape index (κ1) is 31.9. The number of rotatable bonds is 6. The van der Waals surface area contributed by atoms with Gasteiger partial charge >= 0.3 is 0 Å². The number of benzene rings is 8. The van der Waals surface area contributed by atoms with Crippen molar-refractivity contribution in [3.8, 4) is 56.4 Å². The minimum absolute atomic E-state index is 0.678. The van der Waals surface area contributed by atoms with Crippen molar-refractivity contribution in [1.82, 2.24) is 19.1 Å². The van der Waals surface area contributed by atoms with Crippen LogP contribution in [0.25, 0.3) is 100 Å². The maximum absolute atomic E-state index is 5.34. The molecule has 56 heavy (non-hydrogen) atoms. The number of para-hydroxylation sites is 3. The average Bonchev–Trinajstić information content (AvgIpc) is 3.80. The normalized spacial score (nSPS) is 11.6. The van der Waals surface area contributed by atoms with Crippen molar-refractivity contribution >= 4 is 43.6 Å². The average molecular weight is 715 g/mol. The highest BCUT2D eigenvalue weighted by molar-refractivity contribution is 6.26. The third kappa shape index (κ3) is 5.15. The molecule has 0 unspecified atom stereocenters.